The molecular weight excluding hydrogens is 256 g/mol. The number of hydrogen-bond acceptors (Lipinski definition) is 4. The standard InChI is InChI=1S/C14H16N4S/c1-8-10(7-15)9(2)16-14-12(8)13(17-18(14)3)11-5-4-6-19-11/h4-6H,7,15H2,1-3H3. The SMILES string of the molecule is Cc1nc2c(c(-c3cccs3)nn2C)c(C)c1CN. The van der Waals surface area contributed by atoms with E-state index in [1.807, 2.05) is 24.7 Å². The monoisotopic (exact) mass is 272 g/mol. The maximum Gasteiger partial charge on any atom is 0.158 e. The number of aromatic nitrogens is 3. The summed E-state index contributed by atoms with van der Waals surface area (Å²) in [4.78, 5) is 5.83. The highest BCUT2D eigenvalue weighted by Crippen LogP contribution is 2.33. The second-order valence-corrected chi connectivity index (χ2v) is 5.60. The van der Waals surface area contributed by atoms with Gasteiger partial charge >= 0.3 is 0 Å². The van der Waals surface area contributed by atoms with Gasteiger partial charge in [-0.1, -0.05) is 6.07 Å². The van der Waals surface area contributed by atoms with Crippen molar-refractivity contribution in [1.29, 1.82) is 0 Å². The van der Waals surface area contributed by atoms with Crippen LogP contribution in [0.25, 0.3) is 21.6 Å². The molecule has 3 rings (SSSR count). The molecular formula is C14H16N4S. The molecule has 0 saturated heterocycles. The van der Waals surface area contributed by atoms with E-state index < -0.39 is 0 Å². The van der Waals surface area contributed by atoms with Crippen LogP contribution in [0.1, 0.15) is 16.8 Å². The van der Waals surface area contributed by atoms with Gasteiger partial charge in [0.25, 0.3) is 0 Å². The summed E-state index contributed by atoms with van der Waals surface area (Å²) in [6.07, 6.45) is 0. The zero-order valence-corrected chi connectivity index (χ0v) is 12.1. The third-order valence-electron chi connectivity index (χ3n) is 3.51. The van der Waals surface area contributed by atoms with E-state index >= 15 is 0 Å². The molecule has 0 fully saturated rings. The number of nitrogens with two attached hydrogens (primary N) is 1. The summed E-state index contributed by atoms with van der Waals surface area (Å²) in [6, 6.07) is 4.13. The Kier molecular flexibility index (Phi) is 2.88. The van der Waals surface area contributed by atoms with Crippen LogP contribution < -0.4 is 5.73 Å². The van der Waals surface area contributed by atoms with E-state index in [0.29, 0.717) is 6.54 Å². The van der Waals surface area contributed by atoms with Gasteiger partial charge in [0, 0.05) is 19.3 Å². The van der Waals surface area contributed by atoms with Crippen LogP contribution in [0, 0.1) is 13.8 Å². The Hall–Kier alpha value is -1.72. The van der Waals surface area contributed by atoms with Crippen molar-refractivity contribution >= 4 is 22.4 Å². The fraction of sp³-hybridized carbons (Fsp3) is 0.286. The predicted molar refractivity (Wildman–Crippen MR) is 79.2 cm³/mol. The number of fused-ring (bicyclic) bond motifs is 1. The highest BCUT2D eigenvalue weighted by Gasteiger charge is 2.18. The fourth-order valence-electron chi connectivity index (χ4n) is 2.52. The first-order valence-electron chi connectivity index (χ1n) is 6.20. The molecule has 2 N–H and O–H groups in total. The fourth-order valence-corrected chi connectivity index (χ4v) is 3.24. The number of rotatable bonds is 2. The van der Waals surface area contributed by atoms with Crippen molar-refractivity contribution in [3.05, 3.63) is 34.3 Å². The Morgan fingerprint density at radius 1 is 1.37 bits per heavy atom. The molecule has 0 bridgehead atoms. The van der Waals surface area contributed by atoms with Crippen LogP contribution in [0.3, 0.4) is 0 Å². The molecule has 0 saturated carbocycles. The van der Waals surface area contributed by atoms with Gasteiger partial charge in [-0.3, -0.25) is 0 Å². The lowest BCUT2D eigenvalue weighted by Gasteiger charge is -2.08. The molecule has 19 heavy (non-hydrogen) atoms. The normalized spacial score (nSPS) is 11.4. The zero-order valence-electron chi connectivity index (χ0n) is 11.3. The minimum absolute atomic E-state index is 0.513. The second kappa shape index (κ2) is 4.43. The molecule has 0 unspecified atom stereocenters. The van der Waals surface area contributed by atoms with E-state index in [1.54, 1.807) is 11.3 Å². The van der Waals surface area contributed by atoms with Gasteiger partial charge in [-0.05, 0) is 36.4 Å². The summed E-state index contributed by atoms with van der Waals surface area (Å²) in [5.41, 5.74) is 11.1. The average Bonchev–Trinajstić information content (AvgIpc) is 2.98. The van der Waals surface area contributed by atoms with Gasteiger partial charge in [-0.2, -0.15) is 5.10 Å². The van der Waals surface area contributed by atoms with Gasteiger partial charge in [0.2, 0.25) is 0 Å². The highest BCUT2D eigenvalue weighted by molar-refractivity contribution is 7.13. The summed E-state index contributed by atoms with van der Waals surface area (Å²) in [5, 5.41) is 7.82. The molecule has 3 aromatic heterocycles. The first kappa shape index (κ1) is 12.3. The van der Waals surface area contributed by atoms with Gasteiger partial charge in [-0.15, -0.1) is 11.3 Å². The van der Waals surface area contributed by atoms with E-state index in [0.717, 1.165) is 28.0 Å². The molecule has 3 heterocycles. The molecule has 0 aliphatic heterocycles. The van der Waals surface area contributed by atoms with Crippen LogP contribution in [-0.2, 0) is 13.6 Å². The molecule has 0 spiro atoms. The summed E-state index contributed by atoms with van der Waals surface area (Å²) >= 11 is 1.70. The molecule has 0 atom stereocenters. The molecule has 98 valence electrons. The van der Waals surface area contributed by atoms with Crippen molar-refractivity contribution in [2.75, 3.05) is 0 Å². The van der Waals surface area contributed by atoms with Crippen molar-refractivity contribution in [3.8, 4) is 10.6 Å². The van der Waals surface area contributed by atoms with Crippen molar-refractivity contribution < 1.29 is 0 Å². The molecule has 5 heteroatoms. The van der Waals surface area contributed by atoms with Crippen LogP contribution in [0.15, 0.2) is 17.5 Å². The maximum atomic E-state index is 5.85. The summed E-state index contributed by atoms with van der Waals surface area (Å²) in [6.45, 7) is 4.63. The molecule has 0 aromatic carbocycles. The third kappa shape index (κ3) is 1.77. The summed E-state index contributed by atoms with van der Waals surface area (Å²) < 4.78 is 1.85. The van der Waals surface area contributed by atoms with Gasteiger partial charge in [0.05, 0.1) is 10.3 Å². The Bertz CT molecular complexity index is 741. The lowest BCUT2D eigenvalue weighted by atomic mass is 10.0. The third-order valence-corrected chi connectivity index (χ3v) is 4.39. The lowest BCUT2D eigenvalue weighted by Crippen LogP contribution is -2.05. The second-order valence-electron chi connectivity index (χ2n) is 4.65. The van der Waals surface area contributed by atoms with Gasteiger partial charge in [0.1, 0.15) is 5.69 Å². The number of nitrogens with zero attached hydrogens (tertiary/aromatic N) is 3. The quantitative estimate of drug-likeness (QED) is 0.780. The lowest BCUT2D eigenvalue weighted by molar-refractivity contribution is 0.787. The smallest absolute Gasteiger partial charge is 0.158 e. The Labute approximate surface area is 115 Å². The Morgan fingerprint density at radius 2 is 2.16 bits per heavy atom. The maximum absolute atomic E-state index is 5.85. The van der Waals surface area contributed by atoms with Gasteiger partial charge in [-0.25, -0.2) is 9.67 Å². The summed E-state index contributed by atoms with van der Waals surface area (Å²) in [7, 11) is 1.94. The van der Waals surface area contributed by atoms with Gasteiger partial charge in [0.15, 0.2) is 5.65 Å². The Balaban J connectivity index is 2.43. The van der Waals surface area contributed by atoms with Crippen molar-refractivity contribution in [2.45, 2.75) is 20.4 Å². The van der Waals surface area contributed by atoms with Gasteiger partial charge < -0.3 is 5.73 Å². The number of hydrogen-bond donors (Lipinski definition) is 1. The van der Waals surface area contributed by atoms with Crippen molar-refractivity contribution in [1.82, 2.24) is 14.8 Å². The van der Waals surface area contributed by atoms with E-state index in [9.17, 15) is 0 Å². The molecule has 3 aromatic rings. The molecule has 0 radical (unpaired) electrons. The molecule has 0 aliphatic carbocycles. The van der Waals surface area contributed by atoms with E-state index in [2.05, 4.69) is 28.5 Å². The topological polar surface area (TPSA) is 56.7 Å². The largest absolute Gasteiger partial charge is 0.326 e. The van der Waals surface area contributed by atoms with E-state index in [1.165, 1.54) is 10.4 Å². The predicted octanol–water partition coefficient (Wildman–Crippen LogP) is 2.77. The minimum Gasteiger partial charge on any atom is -0.326 e. The first-order chi connectivity index (χ1) is 9.13. The summed E-state index contributed by atoms with van der Waals surface area (Å²) in [5.74, 6) is 0. The van der Waals surface area contributed by atoms with Crippen LogP contribution in [0.5, 0.6) is 0 Å². The highest BCUT2D eigenvalue weighted by atomic mass is 32.1. The van der Waals surface area contributed by atoms with Crippen LogP contribution >= 0.6 is 11.3 Å². The average molecular weight is 272 g/mol. The van der Waals surface area contributed by atoms with E-state index in [4.69, 9.17) is 5.73 Å². The minimum atomic E-state index is 0.513. The van der Waals surface area contributed by atoms with Crippen LogP contribution in [-0.4, -0.2) is 14.8 Å². The zero-order chi connectivity index (χ0) is 13.6. The number of aryl methyl sites for hydroxylation is 3. The molecule has 0 aliphatic rings. The van der Waals surface area contributed by atoms with E-state index in [-0.39, 0.29) is 0 Å². The Morgan fingerprint density at radius 3 is 2.79 bits per heavy atom. The van der Waals surface area contributed by atoms with Crippen LogP contribution in [0.4, 0.5) is 0 Å². The first-order valence-corrected chi connectivity index (χ1v) is 7.08. The number of thiophene rings is 1. The van der Waals surface area contributed by atoms with Crippen LogP contribution in [0.2, 0.25) is 0 Å². The number of pyridine rings is 1. The molecule has 0 amide bonds. The van der Waals surface area contributed by atoms with Crippen molar-refractivity contribution in [2.24, 2.45) is 12.8 Å². The molecule has 4 nitrogen and oxygen atoms in total. The van der Waals surface area contributed by atoms with Crippen molar-refractivity contribution in [3.63, 3.8) is 0 Å².